The highest BCUT2D eigenvalue weighted by atomic mass is 15.3. The van der Waals surface area contributed by atoms with E-state index < -0.39 is 0 Å². The largest absolute Gasteiger partial charge is 0.309 e. The van der Waals surface area contributed by atoms with Crippen molar-refractivity contribution in [2.24, 2.45) is 5.10 Å². The molecule has 94 valence electrons. The van der Waals surface area contributed by atoms with E-state index in [1.165, 1.54) is 36.6 Å². The number of nitrogens with one attached hydrogen (secondary N) is 2. The van der Waals surface area contributed by atoms with Crippen LogP contribution in [0.25, 0.3) is 0 Å². The molecule has 0 saturated heterocycles. The number of rotatable bonds is 7. The molecule has 0 heterocycles. The summed E-state index contributed by atoms with van der Waals surface area (Å²) in [5.41, 5.74) is 6.26. The summed E-state index contributed by atoms with van der Waals surface area (Å²) in [5.74, 6) is 0. The van der Waals surface area contributed by atoms with Crippen LogP contribution in [0.5, 0.6) is 0 Å². The van der Waals surface area contributed by atoms with Crippen molar-refractivity contribution in [1.82, 2.24) is 5.43 Å². The lowest BCUT2D eigenvalue weighted by molar-refractivity contribution is 0.625. The standard InChI is InChI=1S/C14H23N3/c1-12-8-7-9-14(12)13(2)17-16-11-6-4-3-5-10-15/h3,5,10-11,13,15,17H,4,6-9H2,1-2H3/b5-3+,15-10?,16-11-. The molecule has 2 N–H and O–H groups in total. The molecule has 0 amide bonds. The van der Waals surface area contributed by atoms with Crippen LogP contribution < -0.4 is 5.43 Å². The molecule has 0 aromatic carbocycles. The minimum absolute atomic E-state index is 0.367. The van der Waals surface area contributed by atoms with Gasteiger partial charge in [-0.05, 0) is 57.6 Å². The van der Waals surface area contributed by atoms with Crippen LogP contribution in [0.4, 0.5) is 0 Å². The van der Waals surface area contributed by atoms with Crippen molar-refractivity contribution in [2.75, 3.05) is 0 Å². The lowest BCUT2D eigenvalue weighted by atomic mass is 10.1. The van der Waals surface area contributed by atoms with Crippen molar-refractivity contribution < 1.29 is 0 Å². The molecule has 0 aromatic heterocycles. The first kappa shape index (κ1) is 13.7. The van der Waals surface area contributed by atoms with E-state index >= 15 is 0 Å². The lowest BCUT2D eigenvalue weighted by Gasteiger charge is -2.13. The van der Waals surface area contributed by atoms with Crippen LogP contribution in [0.3, 0.4) is 0 Å². The number of hydrogen-bond acceptors (Lipinski definition) is 3. The molecule has 0 saturated carbocycles. The molecule has 0 spiro atoms. The summed E-state index contributed by atoms with van der Waals surface area (Å²) in [7, 11) is 0. The smallest absolute Gasteiger partial charge is 0.0623 e. The Morgan fingerprint density at radius 3 is 2.88 bits per heavy atom. The Balaban J connectivity index is 2.21. The SMILES string of the molecule is CC1=C(C(C)N/N=C\CC/C=C/C=N)CCC1. The van der Waals surface area contributed by atoms with Crippen molar-refractivity contribution in [3.05, 3.63) is 23.3 Å². The van der Waals surface area contributed by atoms with Gasteiger partial charge in [0.05, 0.1) is 6.04 Å². The molecule has 0 bridgehead atoms. The van der Waals surface area contributed by atoms with Gasteiger partial charge in [0.1, 0.15) is 0 Å². The van der Waals surface area contributed by atoms with Crippen LogP contribution in [0, 0.1) is 5.41 Å². The molecule has 1 aliphatic carbocycles. The van der Waals surface area contributed by atoms with Crippen molar-refractivity contribution in [1.29, 1.82) is 5.41 Å². The summed E-state index contributed by atoms with van der Waals surface area (Å²) < 4.78 is 0. The highest BCUT2D eigenvalue weighted by Crippen LogP contribution is 2.27. The predicted molar refractivity (Wildman–Crippen MR) is 74.8 cm³/mol. The van der Waals surface area contributed by atoms with E-state index in [1.807, 2.05) is 12.3 Å². The molecule has 1 rings (SSSR count). The van der Waals surface area contributed by atoms with Gasteiger partial charge in [0.25, 0.3) is 0 Å². The number of unbranched alkanes of at least 4 members (excludes halogenated alkanes) is 1. The third-order valence-corrected chi connectivity index (χ3v) is 3.12. The van der Waals surface area contributed by atoms with E-state index in [4.69, 9.17) is 5.41 Å². The fraction of sp³-hybridized carbons (Fsp3) is 0.571. The number of hydrogen-bond donors (Lipinski definition) is 2. The Morgan fingerprint density at radius 1 is 1.41 bits per heavy atom. The van der Waals surface area contributed by atoms with E-state index in [9.17, 15) is 0 Å². The molecule has 3 nitrogen and oxygen atoms in total. The summed E-state index contributed by atoms with van der Waals surface area (Å²) in [5, 5.41) is 11.1. The second-order valence-electron chi connectivity index (χ2n) is 4.49. The average molecular weight is 233 g/mol. The molecular formula is C14H23N3. The molecule has 0 radical (unpaired) electrons. The first-order valence-electron chi connectivity index (χ1n) is 6.37. The Kier molecular flexibility index (Phi) is 6.30. The first-order chi connectivity index (χ1) is 8.25. The van der Waals surface area contributed by atoms with Crippen molar-refractivity contribution in [3.8, 4) is 0 Å². The number of nitrogens with zero attached hydrogens (tertiary/aromatic N) is 1. The predicted octanol–water partition coefficient (Wildman–Crippen LogP) is 3.44. The fourth-order valence-corrected chi connectivity index (χ4v) is 2.15. The van der Waals surface area contributed by atoms with E-state index in [-0.39, 0.29) is 0 Å². The van der Waals surface area contributed by atoms with Crippen LogP contribution in [-0.4, -0.2) is 18.5 Å². The second-order valence-corrected chi connectivity index (χ2v) is 4.49. The minimum atomic E-state index is 0.367. The molecule has 1 aliphatic rings. The Morgan fingerprint density at radius 2 is 2.24 bits per heavy atom. The van der Waals surface area contributed by atoms with Crippen molar-refractivity contribution >= 4 is 12.4 Å². The third-order valence-electron chi connectivity index (χ3n) is 3.12. The van der Waals surface area contributed by atoms with Gasteiger partial charge in [-0.2, -0.15) is 5.10 Å². The van der Waals surface area contributed by atoms with Crippen LogP contribution in [0.2, 0.25) is 0 Å². The van der Waals surface area contributed by atoms with Gasteiger partial charge >= 0.3 is 0 Å². The Hall–Kier alpha value is -1.38. The molecular weight excluding hydrogens is 210 g/mol. The summed E-state index contributed by atoms with van der Waals surface area (Å²) in [6.07, 6.45) is 12.6. The molecule has 3 heteroatoms. The van der Waals surface area contributed by atoms with Crippen LogP contribution in [-0.2, 0) is 0 Å². The van der Waals surface area contributed by atoms with Gasteiger partial charge in [0, 0.05) is 12.4 Å². The first-order valence-corrected chi connectivity index (χ1v) is 6.37. The summed E-state index contributed by atoms with van der Waals surface area (Å²) in [6, 6.07) is 0.367. The average Bonchev–Trinajstić information content (AvgIpc) is 2.74. The normalized spacial score (nSPS) is 18.2. The van der Waals surface area contributed by atoms with Crippen molar-refractivity contribution in [3.63, 3.8) is 0 Å². The van der Waals surface area contributed by atoms with E-state index in [2.05, 4.69) is 24.4 Å². The maximum absolute atomic E-state index is 6.83. The monoisotopic (exact) mass is 233 g/mol. The van der Waals surface area contributed by atoms with E-state index in [0.29, 0.717) is 6.04 Å². The topological polar surface area (TPSA) is 48.2 Å². The van der Waals surface area contributed by atoms with Gasteiger partial charge in [0.15, 0.2) is 0 Å². The molecule has 1 atom stereocenters. The maximum Gasteiger partial charge on any atom is 0.0623 e. The second kappa shape index (κ2) is 7.82. The molecule has 1 unspecified atom stereocenters. The number of allylic oxidation sites excluding steroid dienone is 3. The Labute approximate surface area is 104 Å². The van der Waals surface area contributed by atoms with Crippen molar-refractivity contribution in [2.45, 2.75) is 52.0 Å². The molecule has 17 heavy (non-hydrogen) atoms. The summed E-state index contributed by atoms with van der Waals surface area (Å²) in [4.78, 5) is 0. The van der Waals surface area contributed by atoms with Gasteiger partial charge in [0.2, 0.25) is 0 Å². The quantitative estimate of drug-likeness (QED) is 0.301. The number of hydrazone groups is 1. The van der Waals surface area contributed by atoms with Gasteiger partial charge < -0.3 is 10.8 Å². The fourth-order valence-electron chi connectivity index (χ4n) is 2.15. The van der Waals surface area contributed by atoms with Crippen LogP contribution >= 0.6 is 0 Å². The zero-order valence-corrected chi connectivity index (χ0v) is 10.9. The molecule has 0 aromatic rings. The summed E-state index contributed by atoms with van der Waals surface area (Å²) in [6.45, 7) is 4.41. The van der Waals surface area contributed by atoms with Crippen LogP contribution in [0.15, 0.2) is 28.4 Å². The lowest BCUT2D eigenvalue weighted by Crippen LogP contribution is -2.22. The van der Waals surface area contributed by atoms with Gasteiger partial charge in [-0.3, -0.25) is 0 Å². The van der Waals surface area contributed by atoms with Gasteiger partial charge in [-0.1, -0.05) is 11.6 Å². The highest BCUT2D eigenvalue weighted by molar-refractivity contribution is 5.67. The maximum atomic E-state index is 6.83. The van der Waals surface area contributed by atoms with E-state index in [1.54, 1.807) is 6.08 Å². The van der Waals surface area contributed by atoms with Crippen LogP contribution in [0.1, 0.15) is 46.0 Å². The summed E-state index contributed by atoms with van der Waals surface area (Å²) >= 11 is 0. The molecule has 0 fully saturated rings. The third kappa shape index (κ3) is 4.98. The highest BCUT2D eigenvalue weighted by Gasteiger charge is 2.15. The zero-order chi connectivity index (χ0) is 12.5. The molecule has 0 aliphatic heterocycles. The minimum Gasteiger partial charge on any atom is -0.309 e. The Bertz CT molecular complexity index is 326. The zero-order valence-electron chi connectivity index (χ0n) is 10.9. The van der Waals surface area contributed by atoms with Gasteiger partial charge in [-0.15, -0.1) is 0 Å². The van der Waals surface area contributed by atoms with Gasteiger partial charge in [-0.25, -0.2) is 0 Å². The van der Waals surface area contributed by atoms with E-state index in [0.717, 1.165) is 12.8 Å².